The Balaban J connectivity index is 1.47. The lowest BCUT2D eigenvalue weighted by Crippen LogP contribution is -2.49. The van der Waals surface area contributed by atoms with E-state index in [2.05, 4.69) is 0 Å². The highest BCUT2D eigenvalue weighted by Crippen LogP contribution is 2.61. The molecule has 40 heavy (non-hydrogen) atoms. The lowest BCUT2D eigenvalue weighted by Gasteiger charge is -2.47. The third kappa shape index (κ3) is 3.58. The van der Waals surface area contributed by atoms with Crippen LogP contribution in [0.4, 0.5) is 5.69 Å². The van der Waals surface area contributed by atoms with Gasteiger partial charge in [0, 0.05) is 12.5 Å². The van der Waals surface area contributed by atoms with E-state index < -0.39 is 29.1 Å². The van der Waals surface area contributed by atoms with Crippen molar-refractivity contribution in [3.05, 3.63) is 71.8 Å². The van der Waals surface area contributed by atoms with Crippen molar-refractivity contribution in [2.45, 2.75) is 26.7 Å². The van der Waals surface area contributed by atoms with Crippen molar-refractivity contribution >= 4 is 35.4 Å². The summed E-state index contributed by atoms with van der Waals surface area (Å²) in [5.74, 6) is -2.93. The molecular formula is C32H32N2O6. The highest BCUT2D eigenvalue weighted by Gasteiger charge is 2.66. The monoisotopic (exact) mass is 540 g/mol. The van der Waals surface area contributed by atoms with Crippen molar-refractivity contribution in [3.8, 4) is 11.5 Å². The van der Waals surface area contributed by atoms with Gasteiger partial charge in [-0.2, -0.15) is 0 Å². The first kappa shape index (κ1) is 26.0. The average molecular weight is 541 g/mol. The van der Waals surface area contributed by atoms with E-state index in [0.29, 0.717) is 30.8 Å². The number of rotatable bonds is 5. The number of benzene rings is 2. The number of carbonyl (C=O) groups is 4. The van der Waals surface area contributed by atoms with Crippen LogP contribution in [0.25, 0.3) is 6.08 Å². The molecule has 8 heteroatoms. The standard InChI is InChI=1S/C32H32N2O6/c1-4-33-28(36)21-13-12-20-22(27(21)30(33)38)17-24-29(37)34(19-8-6-5-7-9-19)31(39)32(24,2)23(20)14-10-18-11-15-25(35)26(16-18)40-3/h5-12,14-16,21-24,27,35H,4,13,17H2,1-3H3/t21-,22+,23-,24-,27-,32-/m0/s1. The third-order valence-corrected chi connectivity index (χ3v) is 9.45. The van der Waals surface area contributed by atoms with E-state index >= 15 is 0 Å². The number of amides is 4. The number of fused-ring (bicyclic) bond motifs is 4. The van der Waals surface area contributed by atoms with E-state index in [1.165, 1.54) is 16.9 Å². The first-order valence-electron chi connectivity index (χ1n) is 13.8. The Morgan fingerprint density at radius 2 is 1.77 bits per heavy atom. The van der Waals surface area contributed by atoms with E-state index in [0.717, 1.165) is 11.1 Å². The fourth-order valence-electron chi connectivity index (χ4n) is 7.42. The van der Waals surface area contributed by atoms with Gasteiger partial charge < -0.3 is 9.84 Å². The Hall–Kier alpha value is -4.20. The number of likely N-dealkylation sites (tertiary alicyclic amines) is 1. The van der Waals surface area contributed by atoms with Crippen molar-refractivity contribution in [1.82, 2.24) is 4.90 Å². The van der Waals surface area contributed by atoms with Crippen molar-refractivity contribution in [1.29, 1.82) is 0 Å². The molecule has 6 rings (SSSR count). The summed E-state index contributed by atoms with van der Waals surface area (Å²) in [5.41, 5.74) is 1.15. The normalized spacial score (nSPS) is 31.4. The number of para-hydroxylation sites is 1. The fourth-order valence-corrected chi connectivity index (χ4v) is 7.42. The van der Waals surface area contributed by atoms with E-state index in [1.54, 1.807) is 49.4 Å². The lowest BCUT2D eigenvalue weighted by molar-refractivity contribution is -0.140. The molecule has 3 fully saturated rings. The minimum absolute atomic E-state index is 0.0189. The molecule has 8 nitrogen and oxygen atoms in total. The number of phenols is 1. The van der Waals surface area contributed by atoms with Gasteiger partial charge >= 0.3 is 0 Å². The molecule has 0 spiro atoms. The zero-order valence-corrected chi connectivity index (χ0v) is 22.7. The first-order chi connectivity index (χ1) is 19.2. The zero-order valence-electron chi connectivity index (χ0n) is 22.7. The topological polar surface area (TPSA) is 104 Å². The van der Waals surface area contributed by atoms with Gasteiger partial charge in [0.2, 0.25) is 23.6 Å². The summed E-state index contributed by atoms with van der Waals surface area (Å²) in [7, 11) is 1.48. The van der Waals surface area contributed by atoms with Crippen LogP contribution in [-0.4, -0.2) is 47.3 Å². The molecule has 206 valence electrons. The Labute approximate surface area is 232 Å². The van der Waals surface area contributed by atoms with Crippen molar-refractivity contribution in [2.24, 2.45) is 35.0 Å². The second-order valence-corrected chi connectivity index (χ2v) is 11.3. The Morgan fingerprint density at radius 3 is 2.48 bits per heavy atom. The summed E-state index contributed by atoms with van der Waals surface area (Å²) in [4.78, 5) is 57.4. The van der Waals surface area contributed by atoms with Crippen LogP contribution < -0.4 is 9.64 Å². The molecule has 4 amide bonds. The summed E-state index contributed by atoms with van der Waals surface area (Å²) < 4.78 is 5.26. The molecule has 1 saturated carbocycles. The Kier molecular flexibility index (Phi) is 6.16. The number of allylic oxidation sites excluding steroid dienone is 3. The molecule has 0 radical (unpaired) electrons. The molecule has 4 aliphatic rings. The van der Waals surface area contributed by atoms with Gasteiger partial charge in [0.25, 0.3) is 0 Å². The van der Waals surface area contributed by atoms with Crippen molar-refractivity contribution in [3.63, 3.8) is 0 Å². The predicted octanol–water partition coefficient (Wildman–Crippen LogP) is 4.20. The van der Waals surface area contributed by atoms with Gasteiger partial charge in [-0.25, -0.2) is 4.90 Å². The molecule has 2 aliphatic carbocycles. The van der Waals surface area contributed by atoms with Gasteiger partial charge in [0.15, 0.2) is 11.5 Å². The predicted molar refractivity (Wildman–Crippen MR) is 148 cm³/mol. The molecule has 6 atom stereocenters. The fraction of sp³-hybridized carbons (Fsp3) is 0.375. The summed E-state index contributed by atoms with van der Waals surface area (Å²) in [5, 5.41) is 10.0. The largest absolute Gasteiger partial charge is 0.504 e. The molecule has 0 bridgehead atoms. The molecule has 2 aliphatic heterocycles. The number of phenolic OH excluding ortho intramolecular Hbond substituents is 1. The molecule has 2 saturated heterocycles. The Bertz CT molecular complexity index is 1480. The van der Waals surface area contributed by atoms with Crippen LogP contribution in [0.2, 0.25) is 0 Å². The van der Waals surface area contributed by atoms with Crippen LogP contribution in [0.1, 0.15) is 32.3 Å². The molecular weight excluding hydrogens is 508 g/mol. The van der Waals surface area contributed by atoms with Crippen LogP contribution in [0.5, 0.6) is 11.5 Å². The van der Waals surface area contributed by atoms with Gasteiger partial charge in [-0.15, -0.1) is 0 Å². The Morgan fingerprint density at radius 1 is 1.02 bits per heavy atom. The molecule has 2 heterocycles. The van der Waals surface area contributed by atoms with Crippen molar-refractivity contribution < 1.29 is 29.0 Å². The molecule has 1 N–H and O–H groups in total. The maximum absolute atomic E-state index is 14.2. The van der Waals surface area contributed by atoms with E-state index in [9.17, 15) is 24.3 Å². The summed E-state index contributed by atoms with van der Waals surface area (Å²) in [6, 6.07) is 13.9. The van der Waals surface area contributed by atoms with Crippen molar-refractivity contribution in [2.75, 3.05) is 18.6 Å². The maximum atomic E-state index is 14.2. The third-order valence-electron chi connectivity index (χ3n) is 9.45. The smallest absolute Gasteiger partial charge is 0.241 e. The number of aromatic hydroxyl groups is 1. The van der Waals surface area contributed by atoms with E-state index in [4.69, 9.17) is 4.74 Å². The number of hydrogen-bond donors (Lipinski definition) is 1. The number of methoxy groups -OCH3 is 1. The molecule has 0 unspecified atom stereocenters. The number of carbonyl (C=O) groups excluding carboxylic acids is 4. The second-order valence-electron chi connectivity index (χ2n) is 11.3. The van der Waals surface area contributed by atoms with Crippen LogP contribution in [0, 0.1) is 35.0 Å². The van der Waals surface area contributed by atoms with E-state index in [-0.39, 0.29) is 35.3 Å². The van der Waals surface area contributed by atoms with Gasteiger partial charge in [-0.3, -0.25) is 24.1 Å². The summed E-state index contributed by atoms with van der Waals surface area (Å²) >= 11 is 0. The number of anilines is 1. The maximum Gasteiger partial charge on any atom is 0.241 e. The lowest BCUT2D eigenvalue weighted by atomic mass is 9.52. The minimum Gasteiger partial charge on any atom is -0.504 e. The number of ether oxygens (including phenoxy) is 1. The molecule has 2 aromatic rings. The number of hydrogen-bond acceptors (Lipinski definition) is 6. The van der Waals surface area contributed by atoms with Crippen LogP contribution in [0.3, 0.4) is 0 Å². The van der Waals surface area contributed by atoms with E-state index in [1.807, 2.05) is 31.2 Å². The van der Waals surface area contributed by atoms with Crippen LogP contribution in [0.15, 0.2) is 66.3 Å². The van der Waals surface area contributed by atoms with Gasteiger partial charge in [0.05, 0.1) is 36.0 Å². The first-order valence-corrected chi connectivity index (χ1v) is 13.8. The van der Waals surface area contributed by atoms with Crippen LogP contribution in [-0.2, 0) is 19.2 Å². The average Bonchev–Trinajstić information content (AvgIpc) is 3.32. The molecule has 0 aromatic heterocycles. The second kappa shape index (κ2) is 9.47. The van der Waals surface area contributed by atoms with Gasteiger partial charge in [0.1, 0.15) is 0 Å². The summed E-state index contributed by atoms with van der Waals surface area (Å²) in [6.07, 6.45) is 6.61. The zero-order chi connectivity index (χ0) is 28.3. The summed E-state index contributed by atoms with van der Waals surface area (Å²) in [6.45, 7) is 3.98. The minimum atomic E-state index is -1.07. The quantitative estimate of drug-likeness (QED) is 0.450. The SMILES string of the molecule is CCN1C(=O)[C@H]2[C@H](CC=C3[C@H]2C[C@H]2C(=O)N(c4ccccc4)C(=O)[C@@]2(C)[C@H]3C=Cc2ccc(O)c(OC)c2)C1=O. The number of imide groups is 2. The van der Waals surface area contributed by atoms with Gasteiger partial charge in [-0.05, 0) is 62.4 Å². The highest BCUT2D eigenvalue weighted by atomic mass is 16.5. The molecule has 2 aromatic carbocycles. The van der Waals surface area contributed by atoms with Gasteiger partial charge in [-0.1, -0.05) is 48.1 Å². The highest BCUT2D eigenvalue weighted by molar-refractivity contribution is 6.24. The van der Waals surface area contributed by atoms with Crippen LogP contribution >= 0.6 is 0 Å². The number of nitrogens with zero attached hydrogens (tertiary/aromatic N) is 2.